The van der Waals surface area contributed by atoms with Crippen LogP contribution in [0.5, 0.6) is 0 Å². The Bertz CT molecular complexity index is 261. The van der Waals surface area contributed by atoms with Gasteiger partial charge in [-0.3, -0.25) is 4.79 Å². The van der Waals surface area contributed by atoms with Gasteiger partial charge in [0.25, 0.3) is 5.91 Å². The van der Waals surface area contributed by atoms with Crippen LogP contribution >= 0.6 is 0 Å². The summed E-state index contributed by atoms with van der Waals surface area (Å²) >= 11 is 0. The van der Waals surface area contributed by atoms with Gasteiger partial charge in [-0.1, -0.05) is 13.8 Å². The van der Waals surface area contributed by atoms with Crippen LogP contribution in [0, 0.1) is 5.92 Å². The standard InChI is InChI=1S/C13H24FNO2/c1-10(2)5-6-11-9-15(7-8-17-11)12(16)13(3,4)14/h10-11H,5-9H2,1-4H3. The van der Waals surface area contributed by atoms with Gasteiger partial charge < -0.3 is 9.64 Å². The van der Waals surface area contributed by atoms with E-state index in [2.05, 4.69) is 13.8 Å². The van der Waals surface area contributed by atoms with Crippen LogP contribution in [-0.2, 0) is 9.53 Å². The molecule has 1 aliphatic rings. The van der Waals surface area contributed by atoms with Gasteiger partial charge in [0.15, 0.2) is 5.67 Å². The summed E-state index contributed by atoms with van der Waals surface area (Å²) in [6.07, 6.45) is 2.08. The molecular formula is C13H24FNO2. The lowest BCUT2D eigenvalue weighted by Crippen LogP contribution is -2.51. The second-order valence-electron chi connectivity index (χ2n) is 5.69. The van der Waals surface area contributed by atoms with E-state index in [-0.39, 0.29) is 6.10 Å². The maximum absolute atomic E-state index is 13.6. The molecule has 1 heterocycles. The molecule has 1 rings (SSSR count). The SMILES string of the molecule is CC(C)CCC1CN(C(=O)C(C)(C)F)CCO1. The minimum absolute atomic E-state index is 0.0671. The maximum atomic E-state index is 13.6. The molecule has 0 N–H and O–H groups in total. The molecule has 3 nitrogen and oxygen atoms in total. The monoisotopic (exact) mass is 245 g/mol. The number of halogens is 1. The third kappa shape index (κ3) is 4.62. The molecule has 1 saturated heterocycles. The predicted octanol–water partition coefficient (Wildman–Crippen LogP) is 2.40. The zero-order chi connectivity index (χ0) is 13.1. The van der Waals surface area contributed by atoms with Crippen molar-refractivity contribution >= 4 is 5.91 Å². The highest BCUT2D eigenvalue weighted by Gasteiger charge is 2.34. The quantitative estimate of drug-likeness (QED) is 0.761. The highest BCUT2D eigenvalue weighted by molar-refractivity contribution is 5.84. The fourth-order valence-corrected chi connectivity index (χ4v) is 1.97. The topological polar surface area (TPSA) is 29.5 Å². The molecule has 0 aromatic carbocycles. The van der Waals surface area contributed by atoms with E-state index in [1.807, 2.05) is 0 Å². The molecular weight excluding hydrogens is 221 g/mol. The molecule has 1 unspecified atom stereocenters. The van der Waals surface area contributed by atoms with E-state index in [0.717, 1.165) is 12.8 Å². The van der Waals surface area contributed by atoms with Crippen molar-refractivity contribution in [1.82, 2.24) is 4.90 Å². The van der Waals surface area contributed by atoms with Crippen LogP contribution in [0.1, 0.15) is 40.5 Å². The van der Waals surface area contributed by atoms with Crippen molar-refractivity contribution in [2.75, 3.05) is 19.7 Å². The minimum atomic E-state index is -1.78. The maximum Gasteiger partial charge on any atom is 0.259 e. The summed E-state index contributed by atoms with van der Waals surface area (Å²) in [5, 5.41) is 0. The van der Waals surface area contributed by atoms with Crippen LogP contribution in [0.15, 0.2) is 0 Å². The number of amides is 1. The van der Waals surface area contributed by atoms with Gasteiger partial charge in [-0.2, -0.15) is 0 Å². The van der Waals surface area contributed by atoms with E-state index >= 15 is 0 Å². The third-order valence-electron chi connectivity index (χ3n) is 3.00. The highest BCUT2D eigenvalue weighted by Crippen LogP contribution is 2.19. The molecule has 0 aromatic heterocycles. The summed E-state index contributed by atoms with van der Waals surface area (Å²) in [4.78, 5) is 13.4. The van der Waals surface area contributed by atoms with Gasteiger partial charge >= 0.3 is 0 Å². The summed E-state index contributed by atoms with van der Waals surface area (Å²) in [5.41, 5.74) is -1.78. The van der Waals surface area contributed by atoms with Gasteiger partial charge in [0.2, 0.25) is 0 Å². The van der Waals surface area contributed by atoms with Gasteiger partial charge in [0.1, 0.15) is 0 Å². The zero-order valence-electron chi connectivity index (χ0n) is 11.3. The Morgan fingerprint density at radius 2 is 2.18 bits per heavy atom. The molecule has 0 saturated carbocycles. The van der Waals surface area contributed by atoms with Gasteiger partial charge in [0, 0.05) is 13.1 Å². The van der Waals surface area contributed by atoms with E-state index in [0.29, 0.717) is 25.6 Å². The molecule has 4 heteroatoms. The summed E-state index contributed by atoms with van der Waals surface area (Å²) in [5.74, 6) is 0.206. The first-order valence-electron chi connectivity index (χ1n) is 6.40. The smallest absolute Gasteiger partial charge is 0.259 e. The number of ether oxygens (including phenoxy) is 1. The van der Waals surface area contributed by atoms with E-state index in [4.69, 9.17) is 4.74 Å². The summed E-state index contributed by atoms with van der Waals surface area (Å²) in [6, 6.07) is 0. The summed E-state index contributed by atoms with van der Waals surface area (Å²) < 4.78 is 19.2. The molecule has 1 amide bonds. The molecule has 0 aliphatic carbocycles. The second kappa shape index (κ2) is 5.80. The van der Waals surface area contributed by atoms with Crippen molar-refractivity contribution < 1.29 is 13.9 Å². The molecule has 1 aliphatic heterocycles. The van der Waals surface area contributed by atoms with E-state index in [1.54, 1.807) is 4.90 Å². The fourth-order valence-electron chi connectivity index (χ4n) is 1.97. The summed E-state index contributed by atoms with van der Waals surface area (Å²) in [7, 11) is 0. The number of carbonyl (C=O) groups is 1. The minimum Gasteiger partial charge on any atom is -0.375 e. The van der Waals surface area contributed by atoms with Crippen LogP contribution < -0.4 is 0 Å². The van der Waals surface area contributed by atoms with Gasteiger partial charge in [-0.25, -0.2) is 4.39 Å². The second-order valence-corrected chi connectivity index (χ2v) is 5.69. The molecule has 0 bridgehead atoms. The van der Waals surface area contributed by atoms with Crippen molar-refractivity contribution in [1.29, 1.82) is 0 Å². The molecule has 0 spiro atoms. The molecule has 1 atom stereocenters. The van der Waals surface area contributed by atoms with Gasteiger partial charge in [0.05, 0.1) is 12.7 Å². The number of hydrogen-bond donors (Lipinski definition) is 0. The zero-order valence-corrected chi connectivity index (χ0v) is 11.3. The average molecular weight is 245 g/mol. The lowest BCUT2D eigenvalue weighted by molar-refractivity contribution is -0.149. The Labute approximate surface area is 103 Å². The number of alkyl halides is 1. The lowest BCUT2D eigenvalue weighted by Gasteiger charge is -2.35. The molecule has 17 heavy (non-hydrogen) atoms. The van der Waals surface area contributed by atoms with Gasteiger partial charge in [-0.05, 0) is 32.6 Å². The van der Waals surface area contributed by atoms with Crippen LogP contribution in [0.25, 0.3) is 0 Å². The first-order valence-corrected chi connectivity index (χ1v) is 6.40. The molecule has 0 aromatic rings. The van der Waals surface area contributed by atoms with Crippen molar-refractivity contribution in [3.05, 3.63) is 0 Å². The third-order valence-corrected chi connectivity index (χ3v) is 3.00. The predicted molar refractivity (Wildman–Crippen MR) is 65.6 cm³/mol. The first kappa shape index (κ1) is 14.4. The Balaban J connectivity index is 2.46. The van der Waals surface area contributed by atoms with Crippen molar-refractivity contribution in [3.8, 4) is 0 Å². The Morgan fingerprint density at radius 3 is 2.71 bits per heavy atom. The Kier molecular flexibility index (Phi) is 4.92. The van der Waals surface area contributed by atoms with Crippen LogP contribution in [0.4, 0.5) is 4.39 Å². The largest absolute Gasteiger partial charge is 0.375 e. The average Bonchev–Trinajstić information content (AvgIpc) is 2.24. The molecule has 0 radical (unpaired) electrons. The first-order chi connectivity index (χ1) is 7.80. The molecule has 100 valence electrons. The highest BCUT2D eigenvalue weighted by atomic mass is 19.1. The Morgan fingerprint density at radius 1 is 1.53 bits per heavy atom. The van der Waals surface area contributed by atoms with Crippen molar-refractivity contribution in [2.24, 2.45) is 5.92 Å². The normalized spacial score (nSPS) is 22.0. The lowest BCUT2D eigenvalue weighted by atomic mass is 10.0. The number of carbonyl (C=O) groups excluding carboxylic acids is 1. The van der Waals surface area contributed by atoms with Crippen LogP contribution in [0.3, 0.4) is 0 Å². The number of hydrogen-bond acceptors (Lipinski definition) is 2. The van der Waals surface area contributed by atoms with Crippen LogP contribution in [-0.4, -0.2) is 42.3 Å². The Hall–Kier alpha value is -0.640. The molecule has 1 fully saturated rings. The van der Waals surface area contributed by atoms with Crippen molar-refractivity contribution in [2.45, 2.75) is 52.3 Å². The number of rotatable bonds is 4. The number of morpholine rings is 1. The van der Waals surface area contributed by atoms with E-state index in [9.17, 15) is 9.18 Å². The van der Waals surface area contributed by atoms with E-state index < -0.39 is 11.6 Å². The van der Waals surface area contributed by atoms with Gasteiger partial charge in [-0.15, -0.1) is 0 Å². The van der Waals surface area contributed by atoms with E-state index in [1.165, 1.54) is 13.8 Å². The van der Waals surface area contributed by atoms with Crippen LogP contribution in [0.2, 0.25) is 0 Å². The van der Waals surface area contributed by atoms with Crippen molar-refractivity contribution in [3.63, 3.8) is 0 Å². The fraction of sp³-hybridized carbons (Fsp3) is 0.923. The summed E-state index contributed by atoms with van der Waals surface area (Å²) in [6.45, 7) is 8.50. The number of nitrogens with zero attached hydrogens (tertiary/aromatic N) is 1.